The van der Waals surface area contributed by atoms with Crippen molar-refractivity contribution in [2.45, 2.75) is 6.43 Å². The molecule has 0 bridgehead atoms. The largest absolute Gasteiger partial charge is 0.276 e. The van der Waals surface area contributed by atoms with Gasteiger partial charge >= 0.3 is 0 Å². The molecule has 0 saturated heterocycles. The number of aromatic nitrogens is 1. The molecule has 1 aromatic rings. The SMILES string of the molecule is N#Cc1cnc(I)c(C(F)F)c1C(=O)Cl. The normalized spacial score (nSPS) is 10.1. The molecular formula is C8H2ClF2IN2O. The van der Waals surface area contributed by atoms with E-state index in [1.54, 1.807) is 28.7 Å². The Morgan fingerprint density at radius 1 is 1.67 bits per heavy atom. The molecule has 3 nitrogen and oxygen atoms in total. The van der Waals surface area contributed by atoms with Gasteiger partial charge in [0, 0.05) is 6.20 Å². The predicted molar refractivity (Wildman–Crippen MR) is 56.8 cm³/mol. The second kappa shape index (κ2) is 4.81. The van der Waals surface area contributed by atoms with Crippen LogP contribution in [0.25, 0.3) is 0 Å². The van der Waals surface area contributed by atoms with E-state index in [0.29, 0.717) is 0 Å². The van der Waals surface area contributed by atoms with Gasteiger partial charge in [0.1, 0.15) is 9.77 Å². The Labute approximate surface area is 102 Å². The number of nitrogens with zero attached hydrogens (tertiary/aromatic N) is 2. The van der Waals surface area contributed by atoms with Crippen LogP contribution in [-0.4, -0.2) is 10.2 Å². The van der Waals surface area contributed by atoms with Gasteiger partial charge < -0.3 is 0 Å². The van der Waals surface area contributed by atoms with Crippen LogP contribution in [0.3, 0.4) is 0 Å². The number of hydrogen-bond acceptors (Lipinski definition) is 3. The average molecular weight is 342 g/mol. The van der Waals surface area contributed by atoms with Crippen molar-refractivity contribution >= 4 is 39.4 Å². The summed E-state index contributed by atoms with van der Waals surface area (Å²) < 4.78 is 25.2. The molecule has 0 aliphatic carbocycles. The minimum Gasteiger partial charge on any atom is -0.276 e. The number of alkyl halides is 2. The summed E-state index contributed by atoms with van der Waals surface area (Å²) in [5.41, 5.74) is -1.30. The van der Waals surface area contributed by atoms with Gasteiger partial charge in [0.2, 0.25) is 0 Å². The Balaban J connectivity index is 3.60. The fourth-order valence-corrected chi connectivity index (χ4v) is 1.85. The van der Waals surface area contributed by atoms with Gasteiger partial charge in [0.25, 0.3) is 11.7 Å². The van der Waals surface area contributed by atoms with Crippen LogP contribution in [-0.2, 0) is 0 Å². The van der Waals surface area contributed by atoms with Gasteiger partial charge in [0.15, 0.2) is 0 Å². The van der Waals surface area contributed by atoms with E-state index >= 15 is 0 Å². The minimum atomic E-state index is -2.89. The molecule has 0 N–H and O–H groups in total. The number of pyridine rings is 1. The second-order valence-corrected chi connectivity index (χ2v) is 3.80. The van der Waals surface area contributed by atoms with Crippen molar-refractivity contribution in [2.75, 3.05) is 0 Å². The van der Waals surface area contributed by atoms with E-state index in [4.69, 9.17) is 16.9 Å². The van der Waals surface area contributed by atoms with Crippen molar-refractivity contribution in [2.24, 2.45) is 0 Å². The van der Waals surface area contributed by atoms with Crippen molar-refractivity contribution in [3.8, 4) is 6.07 Å². The number of rotatable bonds is 2. The first-order valence-electron chi connectivity index (χ1n) is 3.55. The maximum absolute atomic E-state index is 12.6. The molecule has 0 aliphatic rings. The molecule has 0 saturated carbocycles. The van der Waals surface area contributed by atoms with Crippen LogP contribution >= 0.6 is 34.2 Å². The van der Waals surface area contributed by atoms with Crippen molar-refractivity contribution < 1.29 is 13.6 Å². The highest BCUT2D eigenvalue weighted by Crippen LogP contribution is 2.29. The highest BCUT2D eigenvalue weighted by molar-refractivity contribution is 14.1. The molecule has 0 fully saturated rings. The van der Waals surface area contributed by atoms with E-state index in [9.17, 15) is 13.6 Å². The fraction of sp³-hybridized carbons (Fsp3) is 0.125. The summed E-state index contributed by atoms with van der Waals surface area (Å²) in [6, 6.07) is 1.59. The van der Waals surface area contributed by atoms with Gasteiger partial charge in [0.05, 0.1) is 16.7 Å². The Morgan fingerprint density at radius 3 is 2.67 bits per heavy atom. The van der Waals surface area contributed by atoms with Crippen molar-refractivity contribution in [3.05, 3.63) is 26.6 Å². The lowest BCUT2D eigenvalue weighted by molar-refractivity contribution is 0.106. The Hall–Kier alpha value is -0.810. The second-order valence-electron chi connectivity index (χ2n) is 2.44. The summed E-state index contributed by atoms with van der Waals surface area (Å²) in [4.78, 5) is 14.5. The third-order valence-corrected chi connectivity index (χ3v) is 2.65. The monoisotopic (exact) mass is 342 g/mol. The van der Waals surface area contributed by atoms with Gasteiger partial charge in [-0.05, 0) is 34.2 Å². The molecule has 0 spiro atoms. The molecule has 1 rings (SSSR count). The molecule has 7 heteroatoms. The molecule has 15 heavy (non-hydrogen) atoms. The smallest absolute Gasteiger partial charge is 0.267 e. The number of carbonyl (C=O) groups is 1. The maximum Gasteiger partial charge on any atom is 0.267 e. The maximum atomic E-state index is 12.6. The molecule has 1 heterocycles. The standard InChI is InChI=1S/C8H2ClF2IN2O/c9-6(15)4-3(1-13)2-14-8(12)5(4)7(10)11/h2,7H. The zero-order valence-electron chi connectivity index (χ0n) is 6.97. The Bertz CT molecular complexity index is 459. The number of halogens is 4. The molecule has 0 amide bonds. The van der Waals surface area contributed by atoms with E-state index in [-0.39, 0.29) is 9.26 Å². The third-order valence-electron chi connectivity index (χ3n) is 1.60. The topological polar surface area (TPSA) is 53.8 Å². The van der Waals surface area contributed by atoms with Crippen LogP contribution in [0.2, 0.25) is 0 Å². The average Bonchev–Trinajstić information content (AvgIpc) is 2.16. The predicted octanol–water partition coefficient (Wildman–Crippen LogP) is 2.87. The molecule has 0 atom stereocenters. The van der Waals surface area contributed by atoms with Crippen LogP contribution in [0, 0.1) is 15.0 Å². The summed E-state index contributed by atoms with van der Waals surface area (Å²) in [6.07, 6.45) is -1.85. The fourth-order valence-electron chi connectivity index (χ4n) is 0.999. The van der Waals surface area contributed by atoms with E-state index in [2.05, 4.69) is 4.98 Å². The zero-order valence-corrected chi connectivity index (χ0v) is 9.88. The quantitative estimate of drug-likeness (QED) is 0.472. The highest BCUT2D eigenvalue weighted by Gasteiger charge is 2.24. The first-order valence-corrected chi connectivity index (χ1v) is 5.01. The molecular weight excluding hydrogens is 340 g/mol. The van der Waals surface area contributed by atoms with Crippen molar-refractivity contribution in [1.29, 1.82) is 5.26 Å². The number of carbonyl (C=O) groups excluding carboxylic acids is 1. The van der Waals surface area contributed by atoms with Crippen LogP contribution in [0.15, 0.2) is 6.20 Å². The van der Waals surface area contributed by atoms with E-state index in [1.807, 2.05) is 0 Å². The van der Waals surface area contributed by atoms with Gasteiger partial charge in [-0.25, -0.2) is 13.8 Å². The summed E-state index contributed by atoms with van der Waals surface area (Å²) >= 11 is 6.71. The Morgan fingerprint density at radius 2 is 2.27 bits per heavy atom. The van der Waals surface area contributed by atoms with Crippen molar-refractivity contribution in [3.63, 3.8) is 0 Å². The van der Waals surface area contributed by atoms with Crippen LogP contribution < -0.4 is 0 Å². The summed E-state index contributed by atoms with van der Waals surface area (Å²) in [5.74, 6) is 0. The molecule has 78 valence electrons. The zero-order chi connectivity index (χ0) is 11.6. The molecule has 1 aromatic heterocycles. The van der Waals surface area contributed by atoms with Gasteiger partial charge in [-0.1, -0.05) is 0 Å². The minimum absolute atomic E-state index is 0.0365. The lowest BCUT2D eigenvalue weighted by Crippen LogP contribution is -2.06. The molecule has 0 radical (unpaired) electrons. The third kappa shape index (κ3) is 2.41. The van der Waals surface area contributed by atoms with E-state index in [1.165, 1.54) is 0 Å². The van der Waals surface area contributed by atoms with Gasteiger partial charge in [-0.15, -0.1) is 0 Å². The molecule has 0 unspecified atom stereocenters. The van der Waals surface area contributed by atoms with Crippen LogP contribution in [0.1, 0.15) is 27.9 Å². The van der Waals surface area contributed by atoms with Crippen molar-refractivity contribution in [1.82, 2.24) is 4.98 Å². The Kier molecular flexibility index (Phi) is 3.93. The van der Waals surface area contributed by atoms with Gasteiger partial charge in [-0.2, -0.15) is 5.26 Å². The number of nitriles is 1. The van der Waals surface area contributed by atoms with Crippen LogP contribution in [0.5, 0.6) is 0 Å². The lowest BCUT2D eigenvalue weighted by Gasteiger charge is -2.07. The summed E-state index contributed by atoms with van der Waals surface area (Å²) in [7, 11) is 0. The number of hydrogen-bond donors (Lipinski definition) is 0. The van der Waals surface area contributed by atoms with Gasteiger partial charge in [-0.3, -0.25) is 4.79 Å². The summed E-state index contributed by atoms with van der Waals surface area (Å²) in [5, 5.41) is 7.53. The first kappa shape index (κ1) is 12.3. The lowest BCUT2D eigenvalue weighted by atomic mass is 10.1. The molecule has 0 aliphatic heterocycles. The summed E-state index contributed by atoms with van der Waals surface area (Å²) in [6.45, 7) is 0. The first-order chi connectivity index (χ1) is 6.99. The van der Waals surface area contributed by atoms with Crippen LogP contribution in [0.4, 0.5) is 8.78 Å². The van der Waals surface area contributed by atoms with E-state index < -0.39 is 22.8 Å². The highest BCUT2D eigenvalue weighted by atomic mass is 127. The molecule has 0 aromatic carbocycles. The van der Waals surface area contributed by atoms with E-state index in [0.717, 1.165) is 6.20 Å².